The maximum atomic E-state index is 13.3. The van der Waals surface area contributed by atoms with E-state index in [0.717, 1.165) is 11.8 Å². The highest BCUT2D eigenvalue weighted by molar-refractivity contribution is 8.00. The second-order valence-corrected chi connectivity index (χ2v) is 4.72. The van der Waals surface area contributed by atoms with Crippen molar-refractivity contribution >= 4 is 23.6 Å². The van der Waals surface area contributed by atoms with Gasteiger partial charge in [-0.2, -0.15) is 0 Å². The monoisotopic (exact) mass is 283 g/mol. The van der Waals surface area contributed by atoms with Gasteiger partial charge in [0.2, 0.25) is 5.91 Å². The summed E-state index contributed by atoms with van der Waals surface area (Å²) in [5, 5.41) is 11.2. The molecule has 1 amide bonds. The molecular weight excluding hydrogens is 269 g/mol. The lowest BCUT2D eigenvalue weighted by atomic mass is 10.2. The van der Waals surface area contributed by atoms with Gasteiger partial charge >= 0.3 is 5.97 Å². The molecule has 0 saturated carbocycles. The highest BCUT2D eigenvalue weighted by Crippen LogP contribution is 2.20. The molecule has 1 rings (SSSR count). The standard InChI is InChI=1S/C13H14FNO3S/c1-2-5-10(13(17)18)15-12(16)8-19-11-7-4-3-6-9(11)14/h2-4,6-7,10H,1,5,8H2,(H,15,16)(H,17,18). The third kappa shape index (κ3) is 5.13. The van der Waals surface area contributed by atoms with E-state index in [-0.39, 0.29) is 12.2 Å². The van der Waals surface area contributed by atoms with E-state index in [1.165, 1.54) is 12.1 Å². The van der Waals surface area contributed by atoms with Crippen LogP contribution in [0, 0.1) is 5.82 Å². The minimum Gasteiger partial charge on any atom is -0.480 e. The minimum atomic E-state index is -1.12. The lowest BCUT2D eigenvalue weighted by Gasteiger charge is -2.12. The van der Waals surface area contributed by atoms with Crippen LogP contribution < -0.4 is 5.32 Å². The van der Waals surface area contributed by atoms with Gasteiger partial charge in [0.15, 0.2) is 0 Å². The summed E-state index contributed by atoms with van der Waals surface area (Å²) in [6.07, 6.45) is 1.56. The molecule has 102 valence electrons. The Morgan fingerprint density at radius 3 is 2.74 bits per heavy atom. The van der Waals surface area contributed by atoms with Gasteiger partial charge < -0.3 is 10.4 Å². The van der Waals surface area contributed by atoms with Crippen molar-refractivity contribution in [2.45, 2.75) is 17.4 Å². The van der Waals surface area contributed by atoms with E-state index in [1.54, 1.807) is 18.2 Å². The van der Waals surface area contributed by atoms with Gasteiger partial charge in [-0.15, -0.1) is 18.3 Å². The summed E-state index contributed by atoms with van der Waals surface area (Å²) in [6.45, 7) is 3.43. The predicted octanol–water partition coefficient (Wildman–Crippen LogP) is 2.06. The Kier molecular flexibility index (Phi) is 6.08. The maximum Gasteiger partial charge on any atom is 0.326 e. The Morgan fingerprint density at radius 2 is 2.16 bits per heavy atom. The SMILES string of the molecule is C=CCC(NC(=O)CSc1ccccc1F)C(=O)O. The molecule has 0 bridgehead atoms. The van der Waals surface area contributed by atoms with Crippen molar-refractivity contribution in [1.29, 1.82) is 0 Å². The van der Waals surface area contributed by atoms with Gasteiger partial charge in [0.05, 0.1) is 5.75 Å². The predicted molar refractivity (Wildman–Crippen MR) is 71.5 cm³/mol. The van der Waals surface area contributed by atoms with Gasteiger partial charge in [-0.05, 0) is 18.6 Å². The van der Waals surface area contributed by atoms with Crippen LogP contribution in [0.2, 0.25) is 0 Å². The van der Waals surface area contributed by atoms with Crippen LogP contribution in [0.25, 0.3) is 0 Å². The number of thioether (sulfide) groups is 1. The Labute approximate surface area is 114 Å². The van der Waals surface area contributed by atoms with Crippen LogP contribution in [0.15, 0.2) is 41.8 Å². The van der Waals surface area contributed by atoms with Crippen LogP contribution in [0.4, 0.5) is 4.39 Å². The molecule has 2 N–H and O–H groups in total. The Balaban J connectivity index is 2.49. The first kappa shape index (κ1) is 15.2. The molecule has 0 aromatic heterocycles. The number of rotatable bonds is 7. The van der Waals surface area contributed by atoms with Crippen molar-refractivity contribution in [2.24, 2.45) is 0 Å². The van der Waals surface area contributed by atoms with Crippen molar-refractivity contribution in [2.75, 3.05) is 5.75 Å². The molecule has 1 aromatic carbocycles. The summed E-state index contributed by atoms with van der Waals surface area (Å²) in [7, 11) is 0. The first-order chi connectivity index (χ1) is 9.04. The van der Waals surface area contributed by atoms with Gasteiger partial charge in [-0.25, -0.2) is 9.18 Å². The number of carbonyl (C=O) groups excluding carboxylic acids is 1. The number of hydrogen-bond acceptors (Lipinski definition) is 3. The third-order valence-electron chi connectivity index (χ3n) is 2.23. The quantitative estimate of drug-likeness (QED) is 0.594. The summed E-state index contributed by atoms with van der Waals surface area (Å²) < 4.78 is 13.3. The highest BCUT2D eigenvalue weighted by Gasteiger charge is 2.18. The molecule has 0 aliphatic carbocycles. The van der Waals surface area contributed by atoms with Crippen LogP contribution in [0.3, 0.4) is 0 Å². The number of benzene rings is 1. The van der Waals surface area contributed by atoms with Crippen molar-refractivity contribution < 1.29 is 19.1 Å². The van der Waals surface area contributed by atoms with E-state index >= 15 is 0 Å². The van der Waals surface area contributed by atoms with Crippen LogP contribution in [-0.2, 0) is 9.59 Å². The number of hydrogen-bond donors (Lipinski definition) is 2. The molecule has 4 nitrogen and oxygen atoms in total. The number of halogens is 1. The van der Waals surface area contributed by atoms with Gasteiger partial charge in [-0.1, -0.05) is 18.2 Å². The summed E-state index contributed by atoms with van der Waals surface area (Å²) in [4.78, 5) is 22.7. The average molecular weight is 283 g/mol. The first-order valence-corrected chi connectivity index (χ1v) is 6.53. The molecular formula is C13H14FNO3S. The Morgan fingerprint density at radius 1 is 1.47 bits per heavy atom. The number of carboxylic acid groups (broad SMARTS) is 1. The summed E-state index contributed by atoms with van der Waals surface area (Å²) >= 11 is 1.02. The van der Waals surface area contributed by atoms with Gasteiger partial charge in [0.25, 0.3) is 0 Å². The molecule has 0 heterocycles. The lowest BCUT2D eigenvalue weighted by molar-refractivity contribution is -0.141. The molecule has 0 spiro atoms. The largest absolute Gasteiger partial charge is 0.480 e. The number of nitrogens with one attached hydrogen (secondary N) is 1. The molecule has 0 saturated heterocycles. The van der Waals surface area contributed by atoms with Crippen LogP contribution in [0.5, 0.6) is 0 Å². The van der Waals surface area contributed by atoms with E-state index in [0.29, 0.717) is 4.90 Å². The third-order valence-corrected chi connectivity index (χ3v) is 3.28. The Hall–Kier alpha value is -1.82. The first-order valence-electron chi connectivity index (χ1n) is 5.55. The molecule has 0 fully saturated rings. The average Bonchev–Trinajstić information content (AvgIpc) is 2.37. The molecule has 1 atom stereocenters. The molecule has 19 heavy (non-hydrogen) atoms. The smallest absolute Gasteiger partial charge is 0.326 e. The topological polar surface area (TPSA) is 66.4 Å². The second kappa shape index (κ2) is 7.58. The van der Waals surface area contributed by atoms with Crippen LogP contribution in [0.1, 0.15) is 6.42 Å². The van der Waals surface area contributed by atoms with E-state index in [1.807, 2.05) is 0 Å². The zero-order chi connectivity index (χ0) is 14.3. The number of amides is 1. The van der Waals surface area contributed by atoms with E-state index in [2.05, 4.69) is 11.9 Å². The molecule has 0 aliphatic heterocycles. The van der Waals surface area contributed by atoms with Crippen molar-refractivity contribution in [3.8, 4) is 0 Å². The van der Waals surface area contributed by atoms with Crippen molar-refractivity contribution in [1.82, 2.24) is 5.32 Å². The van der Waals surface area contributed by atoms with E-state index < -0.39 is 23.7 Å². The highest BCUT2D eigenvalue weighted by atomic mass is 32.2. The molecule has 1 unspecified atom stereocenters. The summed E-state index contributed by atoms with van der Waals surface area (Å²) in [6, 6.07) is 5.10. The minimum absolute atomic E-state index is 0.0398. The number of aliphatic carboxylic acids is 1. The van der Waals surface area contributed by atoms with Gasteiger partial charge in [0.1, 0.15) is 11.9 Å². The van der Waals surface area contributed by atoms with Crippen molar-refractivity contribution in [3.63, 3.8) is 0 Å². The lowest BCUT2D eigenvalue weighted by Crippen LogP contribution is -2.41. The normalized spacial score (nSPS) is 11.6. The zero-order valence-electron chi connectivity index (χ0n) is 10.1. The zero-order valence-corrected chi connectivity index (χ0v) is 11.0. The fourth-order valence-electron chi connectivity index (χ4n) is 1.33. The molecule has 0 aliphatic rings. The van der Waals surface area contributed by atoms with Crippen LogP contribution >= 0.6 is 11.8 Å². The fourth-order valence-corrected chi connectivity index (χ4v) is 2.08. The van der Waals surface area contributed by atoms with Crippen molar-refractivity contribution in [3.05, 3.63) is 42.7 Å². The molecule has 6 heteroatoms. The van der Waals surface area contributed by atoms with Gasteiger partial charge in [0, 0.05) is 4.90 Å². The van der Waals surface area contributed by atoms with E-state index in [4.69, 9.17) is 5.11 Å². The summed E-state index contributed by atoms with van der Waals surface area (Å²) in [5.41, 5.74) is 0. The molecule has 1 aromatic rings. The fraction of sp³-hybridized carbons (Fsp3) is 0.231. The van der Waals surface area contributed by atoms with E-state index in [9.17, 15) is 14.0 Å². The van der Waals surface area contributed by atoms with Crippen LogP contribution in [-0.4, -0.2) is 28.8 Å². The number of carboxylic acids is 1. The number of carbonyl (C=O) groups is 2. The van der Waals surface area contributed by atoms with Gasteiger partial charge in [-0.3, -0.25) is 4.79 Å². The summed E-state index contributed by atoms with van der Waals surface area (Å²) in [5.74, 6) is -2.02. The maximum absolute atomic E-state index is 13.3. The second-order valence-electron chi connectivity index (χ2n) is 3.70. The molecule has 0 radical (unpaired) electrons. The Bertz CT molecular complexity index is 479.